The Labute approximate surface area is 114 Å². The molecule has 3 unspecified atom stereocenters. The lowest BCUT2D eigenvalue weighted by atomic mass is 9.71. The van der Waals surface area contributed by atoms with Crippen molar-refractivity contribution in [3.63, 3.8) is 0 Å². The van der Waals surface area contributed by atoms with Crippen LogP contribution in [-0.4, -0.2) is 20.3 Å². The largest absolute Gasteiger partial charge is 0.493 e. The highest BCUT2D eigenvalue weighted by Crippen LogP contribution is 2.42. The molecule has 2 aliphatic carbocycles. The van der Waals surface area contributed by atoms with Crippen LogP contribution in [0.5, 0.6) is 11.5 Å². The number of rotatable bonds is 5. The quantitative estimate of drug-likeness (QED) is 0.825. The van der Waals surface area contributed by atoms with Crippen molar-refractivity contribution in [3.05, 3.63) is 35.9 Å². The van der Waals surface area contributed by atoms with Gasteiger partial charge in [-0.25, -0.2) is 0 Å². The molecule has 0 aliphatic heterocycles. The van der Waals surface area contributed by atoms with Gasteiger partial charge in [-0.05, 0) is 42.4 Å². The average molecular weight is 259 g/mol. The van der Waals surface area contributed by atoms with Crippen molar-refractivity contribution < 1.29 is 9.47 Å². The predicted octanol–water partition coefficient (Wildman–Crippen LogP) is 2.76. The minimum absolute atomic E-state index is 0.650. The molecule has 0 heterocycles. The van der Waals surface area contributed by atoms with Gasteiger partial charge < -0.3 is 14.8 Å². The van der Waals surface area contributed by atoms with E-state index in [0.29, 0.717) is 6.04 Å². The van der Waals surface area contributed by atoms with Crippen molar-refractivity contribution in [3.8, 4) is 11.5 Å². The van der Waals surface area contributed by atoms with Crippen LogP contribution in [0.3, 0.4) is 0 Å². The van der Waals surface area contributed by atoms with Gasteiger partial charge in [0.15, 0.2) is 11.5 Å². The number of methoxy groups -OCH3 is 2. The Morgan fingerprint density at radius 1 is 1.21 bits per heavy atom. The summed E-state index contributed by atoms with van der Waals surface area (Å²) in [6, 6.07) is 6.76. The molecule has 0 aromatic heterocycles. The number of benzene rings is 1. The molecule has 1 saturated carbocycles. The summed E-state index contributed by atoms with van der Waals surface area (Å²) < 4.78 is 10.6. The molecule has 3 atom stereocenters. The summed E-state index contributed by atoms with van der Waals surface area (Å²) in [4.78, 5) is 0. The minimum atomic E-state index is 0.650. The number of nitrogens with one attached hydrogen (secondary N) is 1. The van der Waals surface area contributed by atoms with Crippen molar-refractivity contribution in [2.75, 3.05) is 14.2 Å². The lowest BCUT2D eigenvalue weighted by molar-refractivity contribution is 0.162. The van der Waals surface area contributed by atoms with Crippen molar-refractivity contribution in [1.29, 1.82) is 0 Å². The summed E-state index contributed by atoms with van der Waals surface area (Å²) in [5.41, 5.74) is 1.24. The maximum absolute atomic E-state index is 5.33. The van der Waals surface area contributed by atoms with Crippen LogP contribution in [0.1, 0.15) is 18.4 Å². The first-order valence-corrected chi connectivity index (χ1v) is 6.92. The number of allylic oxidation sites excluding steroid dienone is 1. The first-order chi connectivity index (χ1) is 9.31. The van der Waals surface area contributed by atoms with Gasteiger partial charge in [0.1, 0.15) is 0 Å². The molecule has 102 valence electrons. The van der Waals surface area contributed by atoms with E-state index in [1.165, 1.54) is 18.4 Å². The summed E-state index contributed by atoms with van der Waals surface area (Å²) in [5, 5.41) is 3.65. The van der Waals surface area contributed by atoms with Gasteiger partial charge in [-0.3, -0.25) is 0 Å². The third-order valence-electron chi connectivity index (χ3n) is 4.38. The van der Waals surface area contributed by atoms with E-state index in [1.54, 1.807) is 14.2 Å². The van der Waals surface area contributed by atoms with E-state index < -0.39 is 0 Å². The SMILES string of the molecule is COc1ccc(CNC2CC3CC=CC32)cc1OC. The molecule has 3 nitrogen and oxygen atoms in total. The zero-order valence-corrected chi connectivity index (χ0v) is 11.6. The molecule has 0 saturated heterocycles. The maximum Gasteiger partial charge on any atom is 0.161 e. The fourth-order valence-electron chi connectivity index (χ4n) is 3.19. The lowest BCUT2D eigenvalue weighted by Gasteiger charge is -2.40. The second kappa shape index (κ2) is 5.25. The lowest BCUT2D eigenvalue weighted by Crippen LogP contribution is -2.47. The van der Waals surface area contributed by atoms with Gasteiger partial charge >= 0.3 is 0 Å². The first-order valence-electron chi connectivity index (χ1n) is 6.92. The Morgan fingerprint density at radius 3 is 2.79 bits per heavy atom. The third kappa shape index (κ3) is 2.35. The third-order valence-corrected chi connectivity index (χ3v) is 4.38. The molecule has 1 aromatic carbocycles. The average Bonchev–Trinajstić information content (AvgIpc) is 2.80. The van der Waals surface area contributed by atoms with Crippen LogP contribution in [0.2, 0.25) is 0 Å². The molecule has 0 bridgehead atoms. The molecular formula is C16H21NO2. The summed E-state index contributed by atoms with van der Waals surface area (Å²) in [6.07, 6.45) is 7.29. The van der Waals surface area contributed by atoms with Gasteiger partial charge in [0.2, 0.25) is 0 Å². The molecule has 1 fully saturated rings. The molecule has 1 aromatic rings. The molecule has 0 amide bonds. The van der Waals surface area contributed by atoms with Crippen LogP contribution >= 0.6 is 0 Å². The highest BCUT2D eigenvalue weighted by atomic mass is 16.5. The maximum atomic E-state index is 5.33. The van der Waals surface area contributed by atoms with Crippen molar-refractivity contribution in [2.45, 2.75) is 25.4 Å². The second-order valence-electron chi connectivity index (χ2n) is 5.41. The second-order valence-corrected chi connectivity index (χ2v) is 5.41. The smallest absolute Gasteiger partial charge is 0.161 e. The van der Waals surface area contributed by atoms with Crippen LogP contribution in [0, 0.1) is 11.8 Å². The van der Waals surface area contributed by atoms with E-state index in [4.69, 9.17) is 9.47 Å². The number of ether oxygens (including phenoxy) is 2. The topological polar surface area (TPSA) is 30.5 Å². The van der Waals surface area contributed by atoms with E-state index in [1.807, 2.05) is 12.1 Å². The van der Waals surface area contributed by atoms with Gasteiger partial charge in [-0.1, -0.05) is 18.2 Å². The van der Waals surface area contributed by atoms with Crippen molar-refractivity contribution in [2.24, 2.45) is 11.8 Å². The molecular weight excluding hydrogens is 238 g/mol. The van der Waals surface area contributed by atoms with E-state index in [2.05, 4.69) is 23.5 Å². The minimum Gasteiger partial charge on any atom is -0.493 e. The number of fused-ring (bicyclic) bond motifs is 1. The highest BCUT2D eigenvalue weighted by Gasteiger charge is 2.40. The van der Waals surface area contributed by atoms with Crippen LogP contribution in [0.4, 0.5) is 0 Å². The van der Waals surface area contributed by atoms with Crippen molar-refractivity contribution in [1.82, 2.24) is 5.32 Å². The Balaban J connectivity index is 1.59. The van der Waals surface area contributed by atoms with Crippen LogP contribution < -0.4 is 14.8 Å². The molecule has 0 radical (unpaired) electrons. The van der Waals surface area contributed by atoms with E-state index in [9.17, 15) is 0 Å². The summed E-state index contributed by atoms with van der Waals surface area (Å²) >= 11 is 0. The Bertz CT molecular complexity index is 484. The zero-order valence-electron chi connectivity index (χ0n) is 11.6. The summed E-state index contributed by atoms with van der Waals surface area (Å²) in [5.74, 6) is 3.26. The molecule has 1 N–H and O–H groups in total. The van der Waals surface area contributed by atoms with Crippen LogP contribution in [-0.2, 0) is 6.54 Å². The standard InChI is InChI=1S/C16H21NO2/c1-18-15-7-6-11(8-16(15)19-2)10-17-14-9-12-4-3-5-13(12)14/h3,5-8,12-14,17H,4,9-10H2,1-2H3. The number of hydrogen-bond acceptors (Lipinski definition) is 3. The highest BCUT2D eigenvalue weighted by molar-refractivity contribution is 5.42. The van der Waals surface area contributed by atoms with Gasteiger partial charge in [0.05, 0.1) is 14.2 Å². The summed E-state index contributed by atoms with van der Waals surface area (Å²) in [7, 11) is 3.34. The van der Waals surface area contributed by atoms with E-state index in [-0.39, 0.29) is 0 Å². The predicted molar refractivity (Wildman–Crippen MR) is 75.5 cm³/mol. The van der Waals surface area contributed by atoms with Crippen LogP contribution in [0.15, 0.2) is 30.4 Å². The summed E-state index contributed by atoms with van der Waals surface area (Å²) in [6.45, 7) is 0.891. The molecule has 19 heavy (non-hydrogen) atoms. The molecule has 3 rings (SSSR count). The Hall–Kier alpha value is -1.48. The van der Waals surface area contributed by atoms with Gasteiger partial charge in [0.25, 0.3) is 0 Å². The van der Waals surface area contributed by atoms with Gasteiger partial charge in [-0.15, -0.1) is 0 Å². The molecule has 0 spiro atoms. The number of hydrogen-bond donors (Lipinski definition) is 1. The van der Waals surface area contributed by atoms with Gasteiger partial charge in [0, 0.05) is 12.6 Å². The van der Waals surface area contributed by atoms with E-state index in [0.717, 1.165) is 29.9 Å². The van der Waals surface area contributed by atoms with Gasteiger partial charge in [-0.2, -0.15) is 0 Å². The fraction of sp³-hybridized carbons (Fsp3) is 0.500. The van der Waals surface area contributed by atoms with Crippen LogP contribution in [0.25, 0.3) is 0 Å². The monoisotopic (exact) mass is 259 g/mol. The zero-order chi connectivity index (χ0) is 13.2. The fourth-order valence-corrected chi connectivity index (χ4v) is 3.19. The van der Waals surface area contributed by atoms with E-state index >= 15 is 0 Å². The first kappa shape index (κ1) is 12.5. The Morgan fingerprint density at radius 2 is 2.05 bits per heavy atom. The molecule has 3 heteroatoms. The Kier molecular flexibility index (Phi) is 3.47. The normalized spacial score (nSPS) is 27.8. The molecule has 2 aliphatic rings. The van der Waals surface area contributed by atoms with Crippen molar-refractivity contribution >= 4 is 0 Å².